The minimum atomic E-state index is -0.747. The fourth-order valence-corrected chi connectivity index (χ4v) is 4.43. The molecule has 0 aromatic heterocycles. The number of benzene rings is 4. The SMILES string of the molecule is OC(COc1ccc(Bc2ccc(OCC3CO3)cc2)cc1)COc1ccc(Bc2ccc(OCC3CO3)cc2)cc1. The van der Waals surface area contributed by atoms with Crippen LogP contribution in [-0.2, 0) is 9.47 Å². The van der Waals surface area contributed by atoms with Gasteiger partial charge in [-0.2, -0.15) is 0 Å². The first kappa shape index (κ1) is 28.2. The summed E-state index contributed by atoms with van der Waals surface area (Å²) in [7, 11) is 1.64. The van der Waals surface area contributed by atoms with Crippen molar-refractivity contribution in [3.8, 4) is 23.0 Å². The van der Waals surface area contributed by atoms with E-state index < -0.39 is 6.10 Å². The van der Waals surface area contributed by atoms with Crippen LogP contribution in [0.2, 0.25) is 0 Å². The highest BCUT2D eigenvalue weighted by Gasteiger charge is 2.23. The Morgan fingerprint density at radius 1 is 0.524 bits per heavy atom. The van der Waals surface area contributed by atoms with Crippen molar-refractivity contribution in [3.05, 3.63) is 97.1 Å². The van der Waals surface area contributed by atoms with Crippen molar-refractivity contribution in [1.82, 2.24) is 0 Å². The summed E-state index contributed by atoms with van der Waals surface area (Å²) in [5.41, 5.74) is 4.78. The zero-order valence-electron chi connectivity index (χ0n) is 23.5. The standard InChI is InChI=1S/C33H34B2O7/c36-27(17-37-28-9-1-23(2-10-28)34-25-5-13-30(14-6-25)39-19-32-21-41-32)18-38-29-11-3-24(4-12-29)35-26-7-15-31(16-8-26)40-20-33-22-42-33/h1-16,27,32-36H,17-22H2. The van der Waals surface area contributed by atoms with Gasteiger partial charge in [0.2, 0.25) is 0 Å². The predicted octanol–water partition coefficient (Wildman–Crippen LogP) is 0.835. The van der Waals surface area contributed by atoms with E-state index in [-0.39, 0.29) is 25.4 Å². The Balaban J connectivity index is 0.884. The maximum atomic E-state index is 10.4. The van der Waals surface area contributed by atoms with Crippen LogP contribution in [0.15, 0.2) is 97.1 Å². The van der Waals surface area contributed by atoms with E-state index in [2.05, 4.69) is 24.3 Å². The Morgan fingerprint density at radius 3 is 1.10 bits per heavy atom. The second kappa shape index (κ2) is 13.8. The lowest BCUT2D eigenvalue weighted by Crippen LogP contribution is -2.27. The molecule has 214 valence electrons. The van der Waals surface area contributed by atoms with Crippen molar-refractivity contribution in [2.75, 3.05) is 39.6 Å². The van der Waals surface area contributed by atoms with Crippen LogP contribution in [0.4, 0.5) is 0 Å². The molecule has 2 unspecified atom stereocenters. The fraction of sp³-hybridized carbons (Fsp3) is 0.273. The molecule has 0 aliphatic carbocycles. The third kappa shape index (κ3) is 9.05. The molecular formula is C33H34B2O7. The molecule has 42 heavy (non-hydrogen) atoms. The van der Waals surface area contributed by atoms with Gasteiger partial charge in [0.1, 0.15) is 67.7 Å². The number of hydrogen-bond donors (Lipinski definition) is 1. The van der Waals surface area contributed by atoms with Crippen LogP contribution in [0, 0.1) is 0 Å². The molecule has 2 heterocycles. The first-order valence-corrected chi connectivity index (χ1v) is 14.4. The van der Waals surface area contributed by atoms with Crippen LogP contribution in [0.3, 0.4) is 0 Å². The molecule has 1 N–H and O–H groups in total. The number of aliphatic hydroxyl groups is 1. The van der Waals surface area contributed by atoms with E-state index in [4.69, 9.17) is 28.4 Å². The number of ether oxygens (including phenoxy) is 6. The van der Waals surface area contributed by atoms with Gasteiger partial charge < -0.3 is 33.5 Å². The maximum absolute atomic E-state index is 10.4. The quantitative estimate of drug-likeness (QED) is 0.160. The summed E-state index contributed by atoms with van der Waals surface area (Å²) < 4.78 is 33.3. The van der Waals surface area contributed by atoms with Crippen LogP contribution in [-0.4, -0.2) is 77.6 Å². The van der Waals surface area contributed by atoms with Crippen molar-refractivity contribution < 1.29 is 33.5 Å². The molecule has 4 aromatic carbocycles. The highest BCUT2D eigenvalue weighted by Crippen LogP contribution is 2.15. The summed E-state index contributed by atoms with van der Waals surface area (Å²) >= 11 is 0. The Hall–Kier alpha value is -3.91. The third-order valence-corrected chi connectivity index (χ3v) is 7.07. The van der Waals surface area contributed by atoms with E-state index >= 15 is 0 Å². The first-order chi connectivity index (χ1) is 20.6. The van der Waals surface area contributed by atoms with Crippen molar-refractivity contribution in [2.45, 2.75) is 18.3 Å². The molecule has 2 aliphatic rings. The van der Waals surface area contributed by atoms with E-state index in [0.29, 0.717) is 24.7 Å². The molecule has 0 amide bonds. The maximum Gasteiger partial charge on any atom is 0.192 e. The molecule has 9 heteroatoms. The molecule has 0 saturated carbocycles. The lowest BCUT2D eigenvalue weighted by Gasteiger charge is -2.14. The molecule has 7 nitrogen and oxygen atoms in total. The largest absolute Gasteiger partial charge is 0.491 e. The van der Waals surface area contributed by atoms with Crippen LogP contribution in [0.25, 0.3) is 0 Å². The van der Waals surface area contributed by atoms with Crippen molar-refractivity contribution >= 4 is 36.4 Å². The van der Waals surface area contributed by atoms with Gasteiger partial charge in [-0.25, -0.2) is 0 Å². The summed E-state index contributed by atoms with van der Waals surface area (Å²) in [6, 6.07) is 32.2. The van der Waals surface area contributed by atoms with Gasteiger partial charge in [-0.1, -0.05) is 70.4 Å². The van der Waals surface area contributed by atoms with Crippen molar-refractivity contribution in [3.63, 3.8) is 0 Å². The van der Waals surface area contributed by atoms with E-state index in [0.717, 1.165) is 39.3 Å². The van der Waals surface area contributed by atoms with E-state index in [1.807, 2.05) is 72.8 Å². The summed E-state index contributed by atoms with van der Waals surface area (Å²) in [5, 5.41) is 10.4. The van der Waals surface area contributed by atoms with Crippen LogP contribution in [0.1, 0.15) is 0 Å². The van der Waals surface area contributed by atoms with Gasteiger partial charge in [0, 0.05) is 0 Å². The van der Waals surface area contributed by atoms with Crippen molar-refractivity contribution in [1.29, 1.82) is 0 Å². The molecule has 0 radical (unpaired) electrons. The van der Waals surface area contributed by atoms with Gasteiger partial charge in [-0.3, -0.25) is 0 Å². The van der Waals surface area contributed by atoms with Gasteiger partial charge in [0.15, 0.2) is 14.6 Å². The number of hydrogen-bond acceptors (Lipinski definition) is 7. The fourth-order valence-electron chi connectivity index (χ4n) is 4.43. The van der Waals surface area contributed by atoms with E-state index in [9.17, 15) is 5.11 Å². The normalized spacial score (nSPS) is 17.5. The number of aliphatic hydroxyl groups excluding tert-OH is 1. The predicted molar refractivity (Wildman–Crippen MR) is 166 cm³/mol. The second-order valence-electron chi connectivity index (χ2n) is 10.7. The molecule has 4 aromatic rings. The Kier molecular flexibility index (Phi) is 9.30. The minimum absolute atomic E-state index is 0.151. The average Bonchev–Trinajstić information content (AvgIpc) is 3.96. The van der Waals surface area contributed by atoms with E-state index in [1.54, 1.807) is 0 Å². The summed E-state index contributed by atoms with van der Waals surface area (Å²) in [4.78, 5) is 0. The molecule has 2 aliphatic heterocycles. The topological polar surface area (TPSA) is 82.2 Å². The Bertz CT molecular complexity index is 1280. The van der Waals surface area contributed by atoms with Crippen molar-refractivity contribution in [2.24, 2.45) is 0 Å². The highest BCUT2D eigenvalue weighted by atomic mass is 16.6. The summed E-state index contributed by atoms with van der Waals surface area (Å²) in [5.74, 6) is 3.15. The van der Waals surface area contributed by atoms with Crippen LogP contribution in [0.5, 0.6) is 23.0 Å². The van der Waals surface area contributed by atoms with Gasteiger partial charge >= 0.3 is 0 Å². The van der Waals surface area contributed by atoms with Gasteiger partial charge in [0.05, 0.1) is 13.2 Å². The zero-order chi connectivity index (χ0) is 28.6. The molecule has 2 saturated heterocycles. The lowest BCUT2D eigenvalue weighted by atomic mass is 9.64. The molecule has 0 spiro atoms. The lowest BCUT2D eigenvalue weighted by molar-refractivity contribution is 0.0626. The zero-order valence-corrected chi connectivity index (χ0v) is 23.5. The van der Waals surface area contributed by atoms with Gasteiger partial charge in [0.25, 0.3) is 0 Å². The molecule has 2 atom stereocenters. The van der Waals surface area contributed by atoms with E-state index in [1.165, 1.54) is 21.9 Å². The molecular weight excluding hydrogens is 530 g/mol. The third-order valence-electron chi connectivity index (χ3n) is 7.07. The second-order valence-corrected chi connectivity index (χ2v) is 10.7. The monoisotopic (exact) mass is 564 g/mol. The molecule has 0 bridgehead atoms. The van der Waals surface area contributed by atoms with Crippen LogP contribution >= 0.6 is 0 Å². The van der Waals surface area contributed by atoms with Gasteiger partial charge in [-0.15, -0.1) is 0 Å². The molecule has 2 fully saturated rings. The van der Waals surface area contributed by atoms with Gasteiger partial charge in [-0.05, 0) is 48.5 Å². The first-order valence-electron chi connectivity index (χ1n) is 14.4. The smallest absolute Gasteiger partial charge is 0.192 e. The number of epoxide rings is 2. The average molecular weight is 564 g/mol. The highest BCUT2D eigenvalue weighted by molar-refractivity contribution is 6.67. The number of rotatable bonds is 16. The Labute approximate surface area is 247 Å². The van der Waals surface area contributed by atoms with Crippen LogP contribution < -0.4 is 40.8 Å². The molecule has 6 rings (SSSR count). The minimum Gasteiger partial charge on any atom is -0.491 e. The summed E-state index contributed by atoms with van der Waals surface area (Å²) in [6.07, 6.45) is -0.235. The Morgan fingerprint density at radius 2 is 0.810 bits per heavy atom. The summed E-state index contributed by atoms with van der Waals surface area (Å²) in [6.45, 7) is 3.12.